The van der Waals surface area contributed by atoms with E-state index in [0.29, 0.717) is 11.9 Å². The summed E-state index contributed by atoms with van der Waals surface area (Å²) in [6, 6.07) is 4.18. The summed E-state index contributed by atoms with van der Waals surface area (Å²) in [4.78, 5) is 51.0. The molecule has 8 nitrogen and oxygen atoms in total. The summed E-state index contributed by atoms with van der Waals surface area (Å²) in [6.45, 7) is 3.17. The van der Waals surface area contributed by atoms with Crippen LogP contribution in [0, 0.1) is 0 Å². The van der Waals surface area contributed by atoms with Crippen molar-refractivity contribution in [1.82, 2.24) is 14.9 Å². The highest BCUT2D eigenvalue weighted by Crippen LogP contribution is 2.14. The quantitative estimate of drug-likeness (QED) is 0.711. The van der Waals surface area contributed by atoms with Crippen LogP contribution < -0.4 is 21.7 Å². The number of aromatic nitrogens is 2. The van der Waals surface area contributed by atoms with E-state index >= 15 is 0 Å². The van der Waals surface area contributed by atoms with Crippen LogP contribution in [0.1, 0.15) is 39.2 Å². The Bertz CT molecular complexity index is 899. The largest absolute Gasteiger partial charge is 0.548 e. The molecule has 8 heteroatoms. The maximum absolute atomic E-state index is 12.7. The molecule has 0 fully saturated rings. The molecule has 1 amide bonds. The summed E-state index contributed by atoms with van der Waals surface area (Å²) in [7, 11) is 0. The predicted octanol–water partition coefficient (Wildman–Crippen LogP) is -0.324. The lowest BCUT2D eigenvalue weighted by Gasteiger charge is -2.22. The number of hydrogen-bond donors (Lipinski definition) is 2. The highest BCUT2D eigenvalue weighted by atomic mass is 16.4. The van der Waals surface area contributed by atoms with E-state index in [-0.39, 0.29) is 11.8 Å². The number of nitrogens with zero attached hydrogens (tertiary/aromatic N) is 1. The molecule has 2 aromatic rings. The molecule has 134 valence electrons. The van der Waals surface area contributed by atoms with Gasteiger partial charge < -0.3 is 20.2 Å². The smallest absolute Gasteiger partial charge is 0.329 e. The highest BCUT2D eigenvalue weighted by molar-refractivity contribution is 5.85. The number of carbonyl (C=O) groups excluding carboxylic acids is 2. The summed E-state index contributed by atoms with van der Waals surface area (Å²) in [5.41, 5.74) is -0.913. The average Bonchev–Trinajstić information content (AvgIpc) is 2.57. The van der Waals surface area contributed by atoms with Crippen molar-refractivity contribution >= 4 is 22.8 Å². The first kappa shape index (κ1) is 18.4. The molecule has 0 saturated carbocycles. The zero-order valence-corrected chi connectivity index (χ0v) is 14.1. The van der Waals surface area contributed by atoms with Gasteiger partial charge in [-0.15, -0.1) is 0 Å². The van der Waals surface area contributed by atoms with Crippen molar-refractivity contribution in [2.24, 2.45) is 0 Å². The lowest BCUT2D eigenvalue weighted by atomic mass is 10.1. The summed E-state index contributed by atoms with van der Waals surface area (Å²) < 4.78 is 0.856. The number of hydrogen-bond acceptors (Lipinski definition) is 5. The number of carboxylic acids is 1. The second-order valence-electron chi connectivity index (χ2n) is 5.86. The van der Waals surface area contributed by atoms with Crippen molar-refractivity contribution in [3.8, 4) is 0 Å². The number of para-hydroxylation sites is 1. The molecule has 25 heavy (non-hydrogen) atoms. The molecular weight excluding hydrogens is 326 g/mol. The summed E-state index contributed by atoms with van der Waals surface area (Å²) >= 11 is 0. The molecule has 0 aliphatic rings. The fourth-order valence-corrected chi connectivity index (χ4v) is 2.60. The van der Waals surface area contributed by atoms with Gasteiger partial charge in [-0.1, -0.05) is 31.9 Å². The summed E-state index contributed by atoms with van der Waals surface area (Å²) in [5.74, 6) is -2.14. The Morgan fingerprint density at radius 2 is 1.96 bits per heavy atom. The lowest BCUT2D eigenvalue weighted by molar-refractivity contribution is -0.307. The molecule has 0 saturated heterocycles. The second kappa shape index (κ2) is 7.78. The SMILES string of the molecule is CCCC[C@@H](C(=O)N[C@@H](C)C(=O)[O-])n1c(=O)[nH]c2ccccc2c1=O. The fourth-order valence-electron chi connectivity index (χ4n) is 2.60. The molecule has 0 aliphatic carbocycles. The van der Waals surface area contributed by atoms with Gasteiger partial charge in [-0.25, -0.2) is 9.36 Å². The Balaban J connectivity index is 2.53. The number of aromatic amines is 1. The molecule has 1 heterocycles. The van der Waals surface area contributed by atoms with Crippen molar-refractivity contribution in [3.63, 3.8) is 0 Å². The minimum absolute atomic E-state index is 0.240. The minimum Gasteiger partial charge on any atom is -0.548 e. The van der Waals surface area contributed by atoms with Gasteiger partial charge >= 0.3 is 5.69 Å². The van der Waals surface area contributed by atoms with Crippen LogP contribution in [0.2, 0.25) is 0 Å². The van der Waals surface area contributed by atoms with Gasteiger partial charge in [-0.05, 0) is 25.5 Å². The standard InChI is InChI=1S/C17H21N3O5/c1-3-4-9-13(14(21)18-10(2)16(23)24)20-15(22)11-7-5-6-8-12(11)19-17(20)25/h5-8,10,13H,3-4,9H2,1-2H3,(H,18,21)(H,19,25)(H,23,24)/p-1/t10-,13-/m0/s1. The van der Waals surface area contributed by atoms with Crippen LogP contribution in [0.5, 0.6) is 0 Å². The number of unbranched alkanes of at least 4 members (excludes halogenated alkanes) is 1. The second-order valence-corrected chi connectivity index (χ2v) is 5.86. The van der Waals surface area contributed by atoms with Crippen LogP contribution in [0.3, 0.4) is 0 Å². The number of fused-ring (bicyclic) bond motifs is 1. The molecule has 0 aliphatic heterocycles. The Kier molecular flexibility index (Phi) is 5.74. The van der Waals surface area contributed by atoms with Crippen molar-refractivity contribution in [2.45, 2.75) is 45.2 Å². The molecule has 2 N–H and O–H groups in total. The molecule has 0 spiro atoms. The van der Waals surface area contributed by atoms with Gasteiger partial charge in [0.1, 0.15) is 6.04 Å². The van der Waals surface area contributed by atoms with Crippen LogP contribution >= 0.6 is 0 Å². The van der Waals surface area contributed by atoms with Crippen molar-refractivity contribution < 1.29 is 14.7 Å². The van der Waals surface area contributed by atoms with E-state index in [1.54, 1.807) is 24.3 Å². The van der Waals surface area contributed by atoms with E-state index in [1.807, 2.05) is 6.92 Å². The van der Waals surface area contributed by atoms with Gasteiger partial charge in [0, 0.05) is 0 Å². The third-order valence-electron chi connectivity index (χ3n) is 3.99. The average molecular weight is 346 g/mol. The maximum atomic E-state index is 12.7. The summed E-state index contributed by atoms with van der Waals surface area (Å²) in [5, 5.41) is 13.4. The molecule has 1 aromatic carbocycles. The lowest BCUT2D eigenvalue weighted by Crippen LogP contribution is -2.50. The van der Waals surface area contributed by atoms with E-state index in [9.17, 15) is 24.3 Å². The van der Waals surface area contributed by atoms with E-state index in [1.165, 1.54) is 6.92 Å². The first-order valence-electron chi connectivity index (χ1n) is 8.11. The predicted molar refractivity (Wildman–Crippen MR) is 90.0 cm³/mol. The Morgan fingerprint density at radius 3 is 2.60 bits per heavy atom. The first-order valence-corrected chi connectivity index (χ1v) is 8.11. The number of carboxylic acid groups (broad SMARTS) is 1. The van der Waals surface area contributed by atoms with Gasteiger partial charge in [0.2, 0.25) is 5.91 Å². The van der Waals surface area contributed by atoms with Gasteiger partial charge in [-0.3, -0.25) is 9.59 Å². The van der Waals surface area contributed by atoms with Crippen molar-refractivity contribution in [2.75, 3.05) is 0 Å². The van der Waals surface area contributed by atoms with E-state index < -0.39 is 35.2 Å². The number of H-pyrrole nitrogens is 1. The van der Waals surface area contributed by atoms with Crippen LogP contribution in [0.4, 0.5) is 0 Å². The van der Waals surface area contributed by atoms with Crippen molar-refractivity contribution in [1.29, 1.82) is 0 Å². The molecule has 2 atom stereocenters. The van der Waals surface area contributed by atoms with Crippen LogP contribution in [0.25, 0.3) is 10.9 Å². The van der Waals surface area contributed by atoms with Crippen LogP contribution in [-0.4, -0.2) is 27.5 Å². The highest BCUT2D eigenvalue weighted by Gasteiger charge is 2.25. The fraction of sp³-hybridized carbons (Fsp3) is 0.412. The van der Waals surface area contributed by atoms with Gasteiger partial charge in [-0.2, -0.15) is 0 Å². The number of benzene rings is 1. The van der Waals surface area contributed by atoms with Gasteiger partial charge in [0.05, 0.1) is 22.9 Å². The van der Waals surface area contributed by atoms with Crippen LogP contribution in [-0.2, 0) is 9.59 Å². The monoisotopic (exact) mass is 346 g/mol. The zero-order valence-electron chi connectivity index (χ0n) is 14.1. The minimum atomic E-state index is -1.44. The van der Waals surface area contributed by atoms with E-state index in [0.717, 1.165) is 11.0 Å². The number of rotatable bonds is 7. The zero-order chi connectivity index (χ0) is 18.6. The first-order chi connectivity index (χ1) is 11.9. The van der Waals surface area contributed by atoms with E-state index in [4.69, 9.17) is 0 Å². The number of nitrogens with one attached hydrogen (secondary N) is 2. The maximum Gasteiger partial charge on any atom is 0.329 e. The summed E-state index contributed by atoms with van der Waals surface area (Å²) in [6.07, 6.45) is 1.58. The Hall–Kier alpha value is -2.90. The van der Waals surface area contributed by atoms with Gasteiger partial charge in [0.15, 0.2) is 0 Å². The van der Waals surface area contributed by atoms with E-state index in [2.05, 4.69) is 10.3 Å². The topological polar surface area (TPSA) is 124 Å². The number of amides is 1. The number of aliphatic carboxylic acids is 1. The molecule has 2 rings (SSSR count). The molecule has 0 unspecified atom stereocenters. The Labute approximate surface area is 143 Å². The van der Waals surface area contributed by atoms with Gasteiger partial charge in [0.25, 0.3) is 5.56 Å². The molecule has 1 aromatic heterocycles. The third kappa shape index (κ3) is 3.96. The molecule has 0 radical (unpaired) electrons. The number of carbonyl (C=O) groups is 2. The third-order valence-corrected chi connectivity index (χ3v) is 3.99. The van der Waals surface area contributed by atoms with Crippen molar-refractivity contribution in [3.05, 3.63) is 45.1 Å². The molecular formula is C17H20N3O5-. The molecule has 0 bridgehead atoms. The Morgan fingerprint density at radius 1 is 1.28 bits per heavy atom. The van der Waals surface area contributed by atoms with Crippen LogP contribution in [0.15, 0.2) is 33.9 Å². The normalized spacial score (nSPS) is 13.4.